The highest BCUT2D eigenvalue weighted by Gasteiger charge is 2.20. The van der Waals surface area contributed by atoms with Crippen molar-refractivity contribution in [1.82, 2.24) is 10.2 Å². The lowest BCUT2D eigenvalue weighted by atomic mass is 10.0. The lowest BCUT2D eigenvalue weighted by Gasteiger charge is -2.34. The molecule has 0 amide bonds. The summed E-state index contributed by atoms with van der Waals surface area (Å²) < 4.78 is 26.5. The van der Waals surface area contributed by atoms with Crippen LogP contribution in [0.5, 0.6) is 0 Å². The molecule has 1 aromatic rings. The Morgan fingerprint density at radius 3 is 2.58 bits per heavy atom. The quantitative estimate of drug-likeness (QED) is 0.883. The van der Waals surface area contributed by atoms with Crippen LogP contribution < -0.4 is 5.32 Å². The van der Waals surface area contributed by atoms with E-state index in [0.29, 0.717) is 12.6 Å². The van der Waals surface area contributed by atoms with Gasteiger partial charge in [-0.1, -0.05) is 6.92 Å². The second-order valence-corrected chi connectivity index (χ2v) is 5.25. The SMILES string of the molecule is CCCN(Cc1cc(F)cc(F)c1)C1CCCNC1. The fraction of sp³-hybridized carbons (Fsp3) is 0.600. The largest absolute Gasteiger partial charge is 0.315 e. The van der Waals surface area contributed by atoms with Crippen LogP contribution in [-0.4, -0.2) is 30.6 Å². The van der Waals surface area contributed by atoms with E-state index in [1.54, 1.807) is 0 Å². The van der Waals surface area contributed by atoms with Crippen LogP contribution in [0.3, 0.4) is 0 Å². The molecule has 1 N–H and O–H groups in total. The Labute approximate surface area is 113 Å². The molecule has 0 spiro atoms. The summed E-state index contributed by atoms with van der Waals surface area (Å²) in [4.78, 5) is 2.33. The van der Waals surface area contributed by atoms with E-state index < -0.39 is 11.6 Å². The number of benzene rings is 1. The van der Waals surface area contributed by atoms with Crippen molar-refractivity contribution in [2.45, 2.75) is 38.8 Å². The van der Waals surface area contributed by atoms with E-state index >= 15 is 0 Å². The summed E-state index contributed by atoms with van der Waals surface area (Å²) >= 11 is 0. The zero-order valence-corrected chi connectivity index (χ0v) is 11.5. The summed E-state index contributed by atoms with van der Waals surface area (Å²) in [5.74, 6) is -0.985. The lowest BCUT2D eigenvalue weighted by Crippen LogP contribution is -2.45. The van der Waals surface area contributed by atoms with E-state index in [1.165, 1.54) is 18.6 Å². The number of hydrogen-bond donors (Lipinski definition) is 1. The van der Waals surface area contributed by atoms with E-state index in [9.17, 15) is 8.78 Å². The smallest absolute Gasteiger partial charge is 0.126 e. The Kier molecular flexibility index (Phi) is 5.28. The van der Waals surface area contributed by atoms with Crippen LogP contribution in [0, 0.1) is 11.6 Å². The Morgan fingerprint density at radius 1 is 1.26 bits per heavy atom. The van der Waals surface area contributed by atoms with Gasteiger partial charge in [-0.3, -0.25) is 4.90 Å². The van der Waals surface area contributed by atoms with Crippen LogP contribution in [0.1, 0.15) is 31.7 Å². The maximum atomic E-state index is 13.2. The van der Waals surface area contributed by atoms with Crippen molar-refractivity contribution >= 4 is 0 Å². The second kappa shape index (κ2) is 6.96. The van der Waals surface area contributed by atoms with Gasteiger partial charge in [0.25, 0.3) is 0 Å². The zero-order chi connectivity index (χ0) is 13.7. The lowest BCUT2D eigenvalue weighted by molar-refractivity contribution is 0.157. The Bertz CT molecular complexity index is 383. The molecule has 0 saturated carbocycles. The minimum Gasteiger partial charge on any atom is -0.315 e. The molecule has 0 aromatic heterocycles. The van der Waals surface area contributed by atoms with Gasteiger partial charge in [0.2, 0.25) is 0 Å². The third-order valence-corrected chi connectivity index (χ3v) is 3.61. The van der Waals surface area contributed by atoms with E-state index in [0.717, 1.165) is 44.1 Å². The first-order chi connectivity index (χ1) is 9.19. The second-order valence-electron chi connectivity index (χ2n) is 5.25. The minimum atomic E-state index is -0.492. The molecule has 2 nitrogen and oxygen atoms in total. The summed E-state index contributed by atoms with van der Waals surface area (Å²) in [6.07, 6.45) is 3.38. The van der Waals surface area contributed by atoms with Crippen LogP contribution in [0.15, 0.2) is 18.2 Å². The molecule has 1 heterocycles. The fourth-order valence-electron chi connectivity index (χ4n) is 2.76. The van der Waals surface area contributed by atoms with E-state index in [4.69, 9.17) is 0 Å². The summed E-state index contributed by atoms with van der Waals surface area (Å²) in [7, 11) is 0. The zero-order valence-electron chi connectivity index (χ0n) is 11.5. The molecule has 2 rings (SSSR count). The Balaban J connectivity index is 2.06. The highest BCUT2D eigenvalue weighted by molar-refractivity contribution is 5.18. The fourth-order valence-corrected chi connectivity index (χ4v) is 2.76. The first-order valence-corrected chi connectivity index (χ1v) is 7.08. The van der Waals surface area contributed by atoms with Crippen molar-refractivity contribution in [2.24, 2.45) is 0 Å². The number of piperidine rings is 1. The Hall–Kier alpha value is -1.00. The molecule has 19 heavy (non-hydrogen) atoms. The van der Waals surface area contributed by atoms with E-state index in [-0.39, 0.29) is 0 Å². The predicted molar refractivity (Wildman–Crippen MR) is 73.0 cm³/mol. The monoisotopic (exact) mass is 268 g/mol. The van der Waals surface area contributed by atoms with Gasteiger partial charge in [-0.15, -0.1) is 0 Å². The van der Waals surface area contributed by atoms with Gasteiger partial charge in [-0.25, -0.2) is 8.78 Å². The summed E-state index contributed by atoms with van der Waals surface area (Å²) in [5.41, 5.74) is 0.719. The van der Waals surface area contributed by atoms with Crippen molar-refractivity contribution in [3.05, 3.63) is 35.4 Å². The van der Waals surface area contributed by atoms with Crippen molar-refractivity contribution in [3.63, 3.8) is 0 Å². The maximum absolute atomic E-state index is 13.2. The molecule has 1 atom stereocenters. The molecule has 0 bridgehead atoms. The molecule has 1 aromatic carbocycles. The molecule has 106 valence electrons. The van der Waals surface area contributed by atoms with Crippen LogP contribution in [0.25, 0.3) is 0 Å². The van der Waals surface area contributed by atoms with Gasteiger partial charge >= 0.3 is 0 Å². The first-order valence-electron chi connectivity index (χ1n) is 7.08. The summed E-state index contributed by atoms with van der Waals surface area (Å²) in [6.45, 7) is 5.76. The molecule has 4 heteroatoms. The molecule has 1 aliphatic heterocycles. The van der Waals surface area contributed by atoms with Crippen molar-refractivity contribution in [3.8, 4) is 0 Å². The van der Waals surface area contributed by atoms with Crippen LogP contribution >= 0.6 is 0 Å². The average Bonchev–Trinajstić information content (AvgIpc) is 2.38. The topological polar surface area (TPSA) is 15.3 Å². The van der Waals surface area contributed by atoms with Crippen LogP contribution in [0.2, 0.25) is 0 Å². The van der Waals surface area contributed by atoms with Gasteiger partial charge in [0.15, 0.2) is 0 Å². The number of nitrogens with one attached hydrogen (secondary N) is 1. The maximum Gasteiger partial charge on any atom is 0.126 e. The van der Waals surface area contributed by atoms with E-state index in [1.807, 2.05) is 0 Å². The third-order valence-electron chi connectivity index (χ3n) is 3.61. The molecular formula is C15H22F2N2. The van der Waals surface area contributed by atoms with Gasteiger partial charge in [0.05, 0.1) is 0 Å². The van der Waals surface area contributed by atoms with Crippen molar-refractivity contribution in [1.29, 1.82) is 0 Å². The molecule has 0 radical (unpaired) electrons. The Morgan fingerprint density at radius 2 is 2.00 bits per heavy atom. The van der Waals surface area contributed by atoms with Crippen molar-refractivity contribution < 1.29 is 8.78 Å². The van der Waals surface area contributed by atoms with Gasteiger partial charge in [-0.05, 0) is 50.0 Å². The number of halogens is 2. The van der Waals surface area contributed by atoms with Gasteiger partial charge in [-0.2, -0.15) is 0 Å². The average molecular weight is 268 g/mol. The molecule has 0 aliphatic carbocycles. The minimum absolute atomic E-state index is 0.472. The molecule has 1 unspecified atom stereocenters. The summed E-state index contributed by atoms with van der Waals surface area (Å²) in [5, 5.41) is 3.39. The normalized spacial score (nSPS) is 19.9. The molecular weight excluding hydrogens is 246 g/mol. The molecule has 1 saturated heterocycles. The van der Waals surface area contributed by atoms with Gasteiger partial charge in [0.1, 0.15) is 11.6 Å². The van der Waals surface area contributed by atoms with Crippen LogP contribution in [-0.2, 0) is 6.54 Å². The summed E-state index contributed by atoms with van der Waals surface area (Å²) in [6, 6.07) is 4.26. The third kappa shape index (κ3) is 4.25. The highest BCUT2D eigenvalue weighted by Crippen LogP contribution is 2.16. The van der Waals surface area contributed by atoms with E-state index in [2.05, 4.69) is 17.1 Å². The van der Waals surface area contributed by atoms with Gasteiger partial charge < -0.3 is 5.32 Å². The van der Waals surface area contributed by atoms with Gasteiger partial charge in [0, 0.05) is 25.2 Å². The number of nitrogens with zero attached hydrogens (tertiary/aromatic N) is 1. The number of rotatable bonds is 5. The standard InChI is InChI=1S/C15H22F2N2/c1-2-6-19(15-4-3-5-18-10-15)11-12-7-13(16)9-14(17)8-12/h7-9,15,18H,2-6,10-11H2,1H3. The predicted octanol–water partition coefficient (Wildman–Crippen LogP) is 2.93. The van der Waals surface area contributed by atoms with Crippen LogP contribution in [0.4, 0.5) is 8.78 Å². The highest BCUT2D eigenvalue weighted by atomic mass is 19.1. The number of hydrogen-bond acceptors (Lipinski definition) is 2. The molecule has 1 aliphatic rings. The van der Waals surface area contributed by atoms with Crippen molar-refractivity contribution in [2.75, 3.05) is 19.6 Å². The first kappa shape index (κ1) is 14.4. The molecule has 1 fully saturated rings.